The molecule has 1 aliphatic carbocycles. The molecular weight excluding hydrogens is 312 g/mol. The van der Waals surface area contributed by atoms with Gasteiger partial charge in [0.2, 0.25) is 5.91 Å². The summed E-state index contributed by atoms with van der Waals surface area (Å²) < 4.78 is 1.81. The second kappa shape index (κ2) is 5.22. The summed E-state index contributed by atoms with van der Waals surface area (Å²) in [5, 5.41) is 5.54. The Labute approximate surface area is 146 Å². The summed E-state index contributed by atoms with van der Waals surface area (Å²) in [7, 11) is 1.92. The second-order valence-corrected chi connectivity index (χ2v) is 7.42. The van der Waals surface area contributed by atoms with Crippen LogP contribution in [0.4, 0.5) is 0 Å². The van der Waals surface area contributed by atoms with Gasteiger partial charge in [0.25, 0.3) is 0 Å². The molecule has 1 aromatic carbocycles. The van der Waals surface area contributed by atoms with Crippen molar-refractivity contribution in [3.8, 4) is 0 Å². The van der Waals surface area contributed by atoms with Gasteiger partial charge in [-0.15, -0.1) is 0 Å². The van der Waals surface area contributed by atoms with Gasteiger partial charge >= 0.3 is 0 Å². The first-order valence-electron chi connectivity index (χ1n) is 9.02. The Kier molecular flexibility index (Phi) is 3.08. The van der Waals surface area contributed by atoms with Crippen LogP contribution in [0.3, 0.4) is 0 Å². The molecule has 3 atom stereocenters. The number of carbonyl (C=O) groups is 1. The van der Waals surface area contributed by atoms with Crippen LogP contribution in [0.2, 0.25) is 0 Å². The number of nitrogens with zero attached hydrogens (tertiary/aromatic N) is 3. The highest BCUT2D eigenvalue weighted by Gasteiger charge is 2.47. The van der Waals surface area contributed by atoms with Gasteiger partial charge in [0.05, 0.1) is 12.2 Å². The lowest BCUT2D eigenvalue weighted by molar-refractivity contribution is -0.135. The zero-order chi connectivity index (χ0) is 17.1. The summed E-state index contributed by atoms with van der Waals surface area (Å²) in [5.41, 5.74) is 4.95. The Morgan fingerprint density at radius 2 is 2.16 bits per heavy atom. The minimum absolute atomic E-state index is 0.110. The Morgan fingerprint density at radius 3 is 2.96 bits per heavy atom. The summed E-state index contributed by atoms with van der Waals surface area (Å²) >= 11 is 0. The molecule has 2 aromatic heterocycles. The number of hydrogen-bond acceptors (Lipinski definition) is 2. The smallest absolute Gasteiger partial charge is 0.226 e. The van der Waals surface area contributed by atoms with Gasteiger partial charge in [-0.2, -0.15) is 5.10 Å². The number of aromatic amines is 1. The van der Waals surface area contributed by atoms with E-state index < -0.39 is 0 Å². The van der Waals surface area contributed by atoms with E-state index in [0.29, 0.717) is 11.8 Å². The number of benzene rings is 1. The largest absolute Gasteiger partial charge is 0.356 e. The van der Waals surface area contributed by atoms with Crippen LogP contribution in [-0.4, -0.2) is 32.1 Å². The quantitative estimate of drug-likeness (QED) is 0.783. The number of para-hydroxylation sites is 1. The van der Waals surface area contributed by atoms with E-state index in [1.54, 1.807) is 0 Å². The standard InChI is InChI=1S/C20H22N4O/c1-12-19-15(14-5-3-4-6-18(14)22-19)7-8-24(12)20(25)17-9-16(17)13-10-21-23(2)11-13/h3-6,10-12,16-17,22H,7-9H2,1-2H3/t12-,16+,17-/m1/s1. The molecule has 1 aliphatic heterocycles. The van der Waals surface area contributed by atoms with E-state index in [1.807, 2.05) is 24.1 Å². The Balaban J connectivity index is 1.40. The van der Waals surface area contributed by atoms with Crippen LogP contribution in [0.25, 0.3) is 10.9 Å². The maximum Gasteiger partial charge on any atom is 0.226 e. The van der Waals surface area contributed by atoms with Crippen molar-refractivity contribution < 1.29 is 4.79 Å². The first-order valence-corrected chi connectivity index (χ1v) is 9.02. The van der Waals surface area contributed by atoms with E-state index in [1.165, 1.54) is 27.7 Å². The average molecular weight is 334 g/mol. The summed E-state index contributed by atoms with van der Waals surface area (Å²) in [6, 6.07) is 8.54. The SMILES string of the molecule is C[C@@H]1c2[nH]c3ccccc3c2CCN1C(=O)[C@@H]1C[C@H]1c1cnn(C)c1. The third-order valence-corrected chi connectivity index (χ3v) is 5.88. The third kappa shape index (κ3) is 2.22. The van der Waals surface area contributed by atoms with Crippen LogP contribution in [0.15, 0.2) is 36.7 Å². The number of fused-ring (bicyclic) bond motifs is 3. The zero-order valence-electron chi connectivity index (χ0n) is 14.6. The number of carbonyl (C=O) groups excluding carboxylic acids is 1. The zero-order valence-corrected chi connectivity index (χ0v) is 14.6. The molecule has 0 unspecified atom stereocenters. The number of aryl methyl sites for hydroxylation is 1. The lowest BCUT2D eigenvalue weighted by Crippen LogP contribution is -2.39. The molecule has 3 aromatic rings. The monoisotopic (exact) mass is 334 g/mol. The first-order chi connectivity index (χ1) is 12.1. The van der Waals surface area contributed by atoms with Gasteiger partial charge in [-0.25, -0.2) is 0 Å². The highest BCUT2D eigenvalue weighted by Crippen LogP contribution is 2.49. The van der Waals surface area contributed by atoms with Crippen molar-refractivity contribution in [1.29, 1.82) is 0 Å². The minimum Gasteiger partial charge on any atom is -0.356 e. The number of H-pyrrole nitrogens is 1. The number of rotatable bonds is 2. The fourth-order valence-corrected chi connectivity index (χ4v) is 4.41. The Hall–Kier alpha value is -2.56. The van der Waals surface area contributed by atoms with Crippen molar-refractivity contribution >= 4 is 16.8 Å². The molecule has 5 rings (SSSR count). The molecule has 1 fully saturated rings. The van der Waals surface area contributed by atoms with E-state index in [4.69, 9.17) is 0 Å². The van der Waals surface area contributed by atoms with Crippen molar-refractivity contribution in [3.05, 3.63) is 53.5 Å². The predicted molar refractivity (Wildman–Crippen MR) is 96.2 cm³/mol. The van der Waals surface area contributed by atoms with Gasteiger partial charge in [-0.05, 0) is 42.9 Å². The summed E-state index contributed by atoms with van der Waals surface area (Å²) in [4.78, 5) is 18.7. The van der Waals surface area contributed by atoms with E-state index in [0.717, 1.165) is 19.4 Å². The predicted octanol–water partition coefficient (Wildman–Crippen LogP) is 3.15. The maximum atomic E-state index is 13.1. The van der Waals surface area contributed by atoms with Crippen molar-refractivity contribution in [2.75, 3.05) is 6.54 Å². The molecule has 0 radical (unpaired) electrons. The van der Waals surface area contributed by atoms with Crippen LogP contribution in [-0.2, 0) is 18.3 Å². The van der Waals surface area contributed by atoms with Gasteiger partial charge in [0, 0.05) is 42.3 Å². The van der Waals surface area contributed by atoms with Crippen molar-refractivity contribution in [1.82, 2.24) is 19.7 Å². The molecule has 2 aliphatic rings. The van der Waals surface area contributed by atoms with E-state index in [2.05, 4.69) is 46.2 Å². The van der Waals surface area contributed by atoms with Crippen molar-refractivity contribution in [2.24, 2.45) is 13.0 Å². The minimum atomic E-state index is 0.110. The van der Waals surface area contributed by atoms with Gasteiger partial charge in [0.1, 0.15) is 0 Å². The van der Waals surface area contributed by atoms with Crippen LogP contribution < -0.4 is 0 Å². The molecule has 5 heteroatoms. The van der Waals surface area contributed by atoms with Gasteiger partial charge in [-0.3, -0.25) is 9.48 Å². The molecule has 128 valence electrons. The molecule has 0 bridgehead atoms. The number of aromatic nitrogens is 3. The third-order valence-electron chi connectivity index (χ3n) is 5.88. The number of hydrogen-bond donors (Lipinski definition) is 1. The summed E-state index contributed by atoms with van der Waals surface area (Å²) in [6.07, 6.45) is 5.81. The van der Waals surface area contributed by atoms with Gasteiger partial charge in [0.15, 0.2) is 0 Å². The van der Waals surface area contributed by atoms with Crippen LogP contribution in [0.5, 0.6) is 0 Å². The fraction of sp³-hybridized carbons (Fsp3) is 0.400. The molecule has 1 N–H and O–H groups in total. The summed E-state index contributed by atoms with van der Waals surface area (Å²) in [5.74, 6) is 0.765. The maximum absolute atomic E-state index is 13.1. The topological polar surface area (TPSA) is 53.9 Å². The van der Waals surface area contributed by atoms with Crippen molar-refractivity contribution in [3.63, 3.8) is 0 Å². The van der Waals surface area contributed by atoms with Crippen LogP contribution in [0, 0.1) is 5.92 Å². The average Bonchev–Trinajstić information content (AvgIpc) is 3.15. The highest BCUT2D eigenvalue weighted by atomic mass is 16.2. The molecule has 3 heterocycles. The van der Waals surface area contributed by atoms with E-state index >= 15 is 0 Å². The van der Waals surface area contributed by atoms with E-state index in [9.17, 15) is 4.79 Å². The molecule has 0 saturated heterocycles. The van der Waals surface area contributed by atoms with Crippen molar-refractivity contribution in [2.45, 2.75) is 31.7 Å². The first kappa shape index (κ1) is 14.8. The molecular formula is C20H22N4O. The lowest BCUT2D eigenvalue weighted by Gasteiger charge is -2.34. The van der Waals surface area contributed by atoms with Crippen LogP contribution in [0.1, 0.15) is 42.1 Å². The van der Waals surface area contributed by atoms with Gasteiger partial charge < -0.3 is 9.88 Å². The highest BCUT2D eigenvalue weighted by molar-refractivity contribution is 5.87. The summed E-state index contributed by atoms with van der Waals surface area (Å²) in [6.45, 7) is 2.96. The normalized spacial score (nSPS) is 25.2. The van der Waals surface area contributed by atoms with E-state index in [-0.39, 0.29) is 12.0 Å². The lowest BCUT2D eigenvalue weighted by atomic mass is 9.97. The Bertz CT molecular complexity index is 969. The molecule has 5 nitrogen and oxygen atoms in total. The number of nitrogens with one attached hydrogen (secondary N) is 1. The fourth-order valence-electron chi connectivity index (χ4n) is 4.41. The Morgan fingerprint density at radius 1 is 1.32 bits per heavy atom. The van der Waals surface area contributed by atoms with Crippen LogP contribution >= 0.6 is 0 Å². The molecule has 0 spiro atoms. The number of amides is 1. The molecule has 1 amide bonds. The van der Waals surface area contributed by atoms with Gasteiger partial charge in [-0.1, -0.05) is 18.2 Å². The molecule has 25 heavy (non-hydrogen) atoms. The second-order valence-electron chi connectivity index (χ2n) is 7.42. The molecule has 1 saturated carbocycles.